The maximum absolute atomic E-state index is 6.22. The first kappa shape index (κ1) is 18.7. The van der Waals surface area contributed by atoms with Crippen LogP contribution in [0.3, 0.4) is 0 Å². The molecule has 0 atom stereocenters. The van der Waals surface area contributed by atoms with E-state index in [1.165, 1.54) is 40.9 Å². The van der Waals surface area contributed by atoms with Crippen molar-refractivity contribution in [2.75, 3.05) is 43.4 Å². The smallest absolute Gasteiger partial charge is 0.0541 e. The van der Waals surface area contributed by atoms with E-state index in [2.05, 4.69) is 51.2 Å². The highest BCUT2D eigenvalue weighted by Crippen LogP contribution is 2.28. The van der Waals surface area contributed by atoms with Crippen LogP contribution in [0.25, 0.3) is 10.9 Å². The fraction of sp³-hybridized carbons (Fsp3) is 0.364. The Balaban J connectivity index is 1.19. The number of thioether (sulfide) groups is 1. The molecule has 1 aliphatic rings. The van der Waals surface area contributed by atoms with Gasteiger partial charge in [-0.3, -0.25) is 4.90 Å². The maximum atomic E-state index is 6.22. The van der Waals surface area contributed by atoms with Crippen molar-refractivity contribution in [3.63, 3.8) is 0 Å². The Morgan fingerprint density at radius 3 is 2.63 bits per heavy atom. The van der Waals surface area contributed by atoms with Crippen molar-refractivity contribution in [3.8, 4) is 0 Å². The molecular formula is C22H26ClN3S. The van der Waals surface area contributed by atoms with Gasteiger partial charge in [-0.2, -0.15) is 0 Å². The lowest BCUT2D eigenvalue weighted by atomic mass is 10.1. The molecule has 1 aliphatic heterocycles. The molecule has 1 fully saturated rings. The van der Waals surface area contributed by atoms with Gasteiger partial charge in [0.2, 0.25) is 0 Å². The maximum Gasteiger partial charge on any atom is 0.0541 e. The number of anilines is 1. The average Bonchev–Trinajstić information content (AvgIpc) is 3.18. The zero-order chi connectivity index (χ0) is 18.5. The summed E-state index contributed by atoms with van der Waals surface area (Å²) in [4.78, 5) is 9.65. The molecule has 0 unspecified atom stereocenters. The number of H-pyrrole nitrogens is 1. The minimum atomic E-state index is 0.871. The molecule has 2 heterocycles. The van der Waals surface area contributed by atoms with Crippen LogP contribution in [-0.4, -0.2) is 48.4 Å². The van der Waals surface area contributed by atoms with Crippen LogP contribution >= 0.6 is 23.4 Å². The summed E-state index contributed by atoms with van der Waals surface area (Å²) >= 11 is 8.09. The van der Waals surface area contributed by atoms with Crippen LogP contribution < -0.4 is 4.90 Å². The molecule has 1 N–H and O–H groups in total. The van der Waals surface area contributed by atoms with E-state index in [0.29, 0.717) is 0 Å². The molecule has 0 saturated carbocycles. The fourth-order valence-electron chi connectivity index (χ4n) is 3.74. The Hall–Kier alpha value is -1.62. The third-order valence-corrected chi connectivity index (χ3v) is 6.85. The van der Waals surface area contributed by atoms with Gasteiger partial charge in [0.25, 0.3) is 0 Å². The van der Waals surface area contributed by atoms with Gasteiger partial charge in [-0.05, 0) is 55.5 Å². The first-order valence-corrected chi connectivity index (χ1v) is 11.1. The summed E-state index contributed by atoms with van der Waals surface area (Å²) in [5.41, 5.74) is 2.59. The number of hydrogen-bond donors (Lipinski definition) is 1. The van der Waals surface area contributed by atoms with Gasteiger partial charge in [0.1, 0.15) is 0 Å². The lowest BCUT2D eigenvalue weighted by molar-refractivity contribution is 0.254. The molecule has 4 rings (SSSR count). The van der Waals surface area contributed by atoms with Crippen LogP contribution in [0, 0.1) is 0 Å². The summed E-state index contributed by atoms with van der Waals surface area (Å²) in [6.07, 6.45) is 4.52. The van der Waals surface area contributed by atoms with Gasteiger partial charge in [-0.1, -0.05) is 29.8 Å². The van der Waals surface area contributed by atoms with Crippen molar-refractivity contribution >= 4 is 40.0 Å². The second kappa shape index (κ2) is 9.05. The van der Waals surface area contributed by atoms with Crippen molar-refractivity contribution in [2.45, 2.75) is 17.7 Å². The quantitative estimate of drug-likeness (QED) is 0.418. The van der Waals surface area contributed by atoms with Gasteiger partial charge in [0.05, 0.1) is 5.02 Å². The van der Waals surface area contributed by atoms with Gasteiger partial charge < -0.3 is 9.88 Å². The lowest BCUT2D eigenvalue weighted by Crippen LogP contribution is -2.46. The monoisotopic (exact) mass is 399 g/mol. The summed E-state index contributed by atoms with van der Waals surface area (Å²) in [5.74, 6) is 1.14. The minimum Gasteiger partial charge on any atom is -0.368 e. The average molecular weight is 400 g/mol. The second-order valence-electron chi connectivity index (χ2n) is 7.03. The van der Waals surface area contributed by atoms with Gasteiger partial charge in [0.15, 0.2) is 0 Å². The number of benzene rings is 2. The summed E-state index contributed by atoms with van der Waals surface area (Å²) in [6.45, 7) is 5.72. The molecule has 0 bridgehead atoms. The predicted octanol–water partition coefficient (Wildman–Crippen LogP) is 5.52. The van der Waals surface area contributed by atoms with Crippen LogP contribution in [0.15, 0.2) is 59.6 Å². The molecule has 27 heavy (non-hydrogen) atoms. The fourth-order valence-corrected chi connectivity index (χ4v) is 4.99. The summed E-state index contributed by atoms with van der Waals surface area (Å²) in [7, 11) is 0. The molecule has 1 saturated heterocycles. The number of unbranched alkanes of at least 4 members (excludes halogenated alkanes) is 1. The number of rotatable bonds is 7. The molecule has 2 aromatic carbocycles. The van der Waals surface area contributed by atoms with E-state index in [1.54, 1.807) is 0 Å². The van der Waals surface area contributed by atoms with Crippen molar-refractivity contribution in [3.05, 3.63) is 59.8 Å². The third-order valence-electron chi connectivity index (χ3n) is 5.25. The third kappa shape index (κ3) is 4.63. The number of nitrogens with one attached hydrogen (secondary N) is 1. The Morgan fingerprint density at radius 2 is 1.78 bits per heavy atom. The van der Waals surface area contributed by atoms with Crippen molar-refractivity contribution in [1.82, 2.24) is 9.88 Å². The summed E-state index contributed by atoms with van der Waals surface area (Å²) in [5, 5.41) is 2.21. The molecule has 0 radical (unpaired) electrons. The molecule has 142 valence electrons. The SMILES string of the molecule is Clc1ccccc1SCCCCN1CCN(c2cccc3[nH]ccc23)CC1. The molecule has 5 heteroatoms. The molecular weight excluding hydrogens is 374 g/mol. The lowest BCUT2D eigenvalue weighted by Gasteiger charge is -2.36. The second-order valence-corrected chi connectivity index (χ2v) is 8.57. The van der Waals surface area contributed by atoms with E-state index in [9.17, 15) is 0 Å². The zero-order valence-corrected chi connectivity index (χ0v) is 17.1. The molecule has 0 amide bonds. The Kier molecular flexibility index (Phi) is 6.28. The van der Waals surface area contributed by atoms with Crippen LogP contribution in [-0.2, 0) is 0 Å². The molecule has 3 aromatic rings. The standard InChI is InChI=1S/C22H26ClN3S/c23-19-6-1-2-9-22(19)27-17-4-3-12-25-13-15-26(16-14-25)21-8-5-7-20-18(21)10-11-24-20/h1-2,5-11,24H,3-4,12-17H2. The number of aromatic nitrogens is 1. The highest BCUT2D eigenvalue weighted by molar-refractivity contribution is 7.99. The van der Waals surface area contributed by atoms with E-state index >= 15 is 0 Å². The highest BCUT2D eigenvalue weighted by atomic mass is 35.5. The van der Waals surface area contributed by atoms with E-state index in [0.717, 1.165) is 37.0 Å². The van der Waals surface area contributed by atoms with Gasteiger partial charge in [-0.15, -0.1) is 11.8 Å². The largest absolute Gasteiger partial charge is 0.368 e. The van der Waals surface area contributed by atoms with Crippen LogP contribution in [0.2, 0.25) is 5.02 Å². The zero-order valence-electron chi connectivity index (χ0n) is 15.5. The number of nitrogens with zero attached hydrogens (tertiary/aromatic N) is 2. The first-order chi connectivity index (χ1) is 13.3. The number of aromatic amines is 1. The number of piperazine rings is 1. The molecule has 3 nitrogen and oxygen atoms in total. The van der Waals surface area contributed by atoms with Crippen molar-refractivity contribution in [1.29, 1.82) is 0 Å². The molecule has 0 aliphatic carbocycles. The van der Waals surface area contributed by atoms with Crippen molar-refractivity contribution < 1.29 is 0 Å². The van der Waals surface area contributed by atoms with Gasteiger partial charge in [-0.25, -0.2) is 0 Å². The van der Waals surface area contributed by atoms with Gasteiger partial charge in [0, 0.05) is 53.9 Å². The topological polar surface area (TPSA) is 22.3 Å². The minimum absolute atomic E-state index is 0.871. The Labute approximate surface area is 170 Å². The van der Waals surface area contributed by atoms with Gasteiger partial charge >= 0.3 is 0 Å². The number of hydrogen-bond acceptors (Lipinski definition) is 3. The van der Waals surface area contributed by atoms with E-state index in [-0.39, 0.29) is 0 Å². The van der Waals surface area contributed by atoms with Crippen LogP contribution in [0.1, 0.15) is 12.8 Å². The first-order valence-electron chi connectivity index (χ1n) is 9.72. The van der Waals surface area contributed by atoms with Crippen LogP contribution in [0.4, 0.5) is 5.69 Å². The van der Waals surface area contributed by atoms with Crippen molar-refractivity contribution in [2.24, 2.45) is 0 Å². The molecule has 1 aromatic heterocycles. The Bertz CT molecular complexity index is 871. The predicted molar refractivity (Wildman–Crippen MR) is 118 cm³/mol. The Morgan fingerprint density at radius 1 is 0.926 bits per heavy atom. The summed E-state index contributed by atoms with van der Waals surface area (Å²) in [6, 6.07) is 16.9. The van der Waals surface area contributed by atoms with E-state index < -0.39 is 0 Å². The normalized spacial score (nSPS) is 15.5. The highest BCUT2D eigenvalue weighted by Gasteiger charge is 2.18. The number of halogens is 1. The summed E-state index contributed by atoms with van der Waals surface area (Å²) < 4.78 is 0. The molecule has 0 spiro atoms. The van der Waals surface area contributed by atoms with Crippen LogP contribution in [0.5, 0.6) is 0 Å². The van der Waals surface area contributed by atoms with E-state index in [1.807, 2.05) is 30.1 Å². The number of fused-ring (bicyclic) bond motifs is 1. The van der Waals surface area contributed by atoms with E-state index in [4.69, 9.17) is 11.6 Å².